The average molecular weight is 306 g/mol. The van der Waals surface area contributed by atoms with Crippen molar-refractivity contribution in [3.8, 4) is 0 Å². The van der Waals surface area contributed by atoms with Crippen molar-refractivity contribution >= 4 is 40.2 Å². The molecule has 0 saturated heterocycles. The molecule has 0 aliphatic carbocycles. The molecule has 8 heteroatoms. The summed E-state index contributed by atoms with van der Waals surface area (Å²) in [5.41, 5.74) is 2.46. The highest BCUT2D eigenvalue weighted by atomic mass is 32.2. The van der Waals surface area contributed by atoms with Crippen LogP contribution >= 0.6 is 23.1 Å². The van der Waals surface area contributed by atoms with Crippen LogP contribution in [0.15, 0.2) is 23.7 Å². The van der Waals surface area contributed by atoms with Gasteiger partial charge in [-0.25, -0.2) is 19.7 Å². The third-order valence-electron chi connectivity index (χ3n) is 2.78. The molecule has 2 N–H and O–H groups in total. The fourth-order valence-electron chi connectivity index (χ4n) is 1.77. The van der Waals surface area contributed by atoms with E-state index in [9.17, 15) is 4.79 Å². The second-order valence-corrected chi connectivity index (χ2v) is 6.29. The second-order valence-electron chi connectivity index (χ2n) is 4.07. The minimum absolute atomic E-state index is 0.368. The van der Waals surface area contributed by atoms with Crippen LogP contribution in [0.3, 0.4) is 0 Å². The fourth-order valence-corrected chi connectivity index (χ4v) is 3.75. The van der Waals surface area contributed by atoms with Gasteiger partial charge in [-0.15, -0.1) is 11.3 Å². The predicted molar refractivity (Wildman–Crippen MR) is 77.3 cm³/mol. The number of thioether (sulfide) groups is 1. The van der Waals surface area contributed by atoms with Gasteiger partial charge < -0.3 is 10.1 Å². The van der Waals surface area contributed by atoms with E-state index in [0.29, 0.717) is 16.3 Å². The number of aromatic amines is 1. The van der Waals surface area contributed by atoms with E-state index in [-0.39, 0.29) is 0 Å². The lowest BCUT2D eigenvalue weighted by atomic mass is 10.3. The van der Waals surface area contributed by atoms with Gasteiger partial charge in [0.1, 0.15) is 21.7 Å². The average Bonchev–Trinajstić information content (AvgIpc) is 3.03. The van der Waals surface area contributed by atoms with Crippen molar-refractivity contribution in [3.05, 3.63) is 34.0 Å². The molecule has 0 atom stereocenters. The Bertz CT molecular complexity index is 781. The number of fused-ring (bicyclic) bond motifs is 1. The molecule has 0 unspecified atom stereocenters. The number of carboxylic acids is 1. The molecule has 0 spiro atoms. The highest BCUT2D eigenvalue weighted by Crippen LogP contribution is 2.30. The lowest BCUT2D eigenvalue weighted by molar-refractivity contribution is 0.0702. The summed E-state index contributed by atoms with van der Waals surface area (Å²) < 4.78 is 0. The molecule has 3 heterocycles. The SMILES string of the molecule is Cc1sc(C(=O)O)cc1CSc1ncnc2nc[nH]c12. The largest absolute Gasteiger partial charge is 0.477 e. The van der Waals surface area contributed by atoms with Crippen LogP contribution in [0.1, 0.15) is 20.1 Å². The van der Waals surface area contributed by atoms with E-state index in [1.165, 1.54) is 29.4 Å². The number of nitrogens with zero attached hydrogens (tertiary/aromatic N) is 3. The van der Waals surface area contributed by atoms with E-state index in [0.717, 1.165) is 21.0 Å². The smallest absolute Gasteiger partial charge is 0.345 e. The number of carboxylic acid groups (broad SMARTS) is 1. The van der Waals surface area contributed by atoms with Crippen molar-refractivity contribution in [2.45, 2.75) is 17.7 Å². The monoisotopic (exact) mass is 306 g/mol. The quantitative estimate of drug-likeness (QED) is 0.569. The van der Waals surface area contributed by atoms with Gasteiger partial charge in [0.05, 0.1) is 6.33 Å². The number of hydrogen-bond donors (Lipinski definition) is 2. The molecule has 102 valence electrons. The zero-order valence-electron chi connectivity index (χ0n) is 10.5. The summed E-state index contributed by atoms with van der Waals surface area (Å²) in [5, 5.41) is 9.81. The maximum Gasteiger partial charge on any atom is 0.345 e. The van der Waals surface area contributed by atoms with Crippen LogP contribution in [0, 0.1) is 6.92 Å². The van der Waals surface area contributed by atoms with Crippen LogP contribution in [-0.4, -0.2) is 31.0 Å². The van der Waals surface area contributed by atoms with E-state index < -0.39 is 5.97 Å². The highest BCUT2D eigenvalue weighted by molar-refractivity contribution is 7.98. The first-order valence-electron chi connectivity index (χ1n) is 5.74. The van der Waals surface area contributed by atoms with Gasteiger partial charge in [0.2, 0.25) is 0 Å². The van der Waals surface area contributed by atoms with Gasteiger partial charge in [0.25, 0.3) is 0 Å². The Kier molecular flexibility index (Phi) is 3.41. The molecule has 0 aliphatic rings. The summed E-state index contributed by atoms with van der Waals surface area (Å²) in [4.78, 5) is 27.7. The van der Waals surface area contributed by atoms with Crippen molar-refractivity contribution in [1.29, 1.82) is 0 Å². The van der Waals surface area contributed by atoms with Crippen molar-refractivity contribution < 1.29 is 9.90 Å². The summed E-state index contributed by atoms with van der Waals surface area (Å²) in [6, 6.07) is 1.72. The molecule has 0 radical (unpaired) electrons. The van der Waals surface area contributed by atoms with E-state index >= 15 is 0 Å². The van der Waals surface area contributed by atoms with Gasteiger partial charge in [-0.3, -0.25) is 0 Å². The Labute approximate surface area is 122 Å². The van der Waals surface area contributed by atoms with Crippen molar-refractivity contribution in [2.75, 3.05) is 0 Å². The molecule has 3 aromatic rings. The minimum Gasteiger partial charge on any atom is -0.477 e. The lowest BCUT2D eigenvalue weighted by Crippen LogP contribution is -1.90. The first kappa shape index (κ1) is 13.1. The van der Waals surface area contributed by atoms with Gasteiger partial charge in [0, 0.05) is 10.6 Å². The Morgan fingerprint density at radius 2 is 2.30 bits per heavy atom. The number of nitrogens with one attached hydrogen (secondary N) is 1. The van der Waals surface area contributed by atoms with Crippen molar-refractivity contribution in [3.63, 3.8) is 0 Å². The van der Waals surface area contributed by atoms with Crippen LogP contribution in [0.4, 0.5) is 0 Å². The normalized spacial score (nSPS) is 11.1. The van der Waals surface area contributed by atoms with E-state index in [1.807, 2.05) is 6.92 Å². The first-order chi connectivity index (χ1) is 9.65. The maximum atomic E-state index is 11.0. The van der Waals surface area contributed by atoms with Crippen molar-refractivity contribution in [1.82, 2.24) is 19.9 Å². The molecule has 3 aromatic heterocycles. The molecule has 0 bridgehead atoms. The molecular weight excluding hydrogens is 296 g/mol. The Morgan fingerprint density at radius 3 is 3.05 bits per heavy atom. The molecule has 0 saturated carbocycles. The number of rotatable bonds is 4. The van der Waals surface area contributed by atoms with Gasteiger partial charge in [-0.1, -0.05) is 11.8 Å². The second kappa shape index (κ2) is 5.22. The van der Waals surface area contributed by atoms with Crippen LogP contribution in [0.25, 0.3) is 11.2 Å². The number of imidazole rings is 1. The molecule has 0 amide bonds. The summed E-state index contributed by atoms with van der Waals surface area (Å²) in [5.74, 6) is -0.215. The number of hydrogen-bond acceptors (Lipinski definition) is 6. The topological polar surface area (TPSA) is 91.8 Å². The zero-order valence-corrected chi connectivity index (χ0v) is 12.1. The first-order valence-corrected chi connectivity index (χ1v) is 7.55. The van der Waals surface area contributed by atoms with Crippen LogP contribution in [0.2, 0.25) is 0 Å². The third-order valence-corrected chi connectivity index (χ3v) is 4.90. The number of thiophene rings is 1. The molecular formula is C12H10N4O2S2. The van der Waals surface area contributed by atoms with Gasteiger partial charge in [0.15, 0.2) is 5.65 Å². The number of carbonyl (C=O) groups is 1. The Hall–Kier alpha value is -1.93. The molecule has 20 heavy (non-hydrogen) atoms. The van der Waals surface area contributed by atoms with E-state index in [4.69, 9.17) is 5.11 Å². The Balaban J connectivity index is 1.83. The standard InChI is InChI=1S/C12H10N4O2S2/c1-6-7(2-8(20-6)12(17)18)3-19-11-9-10(14-4-13-9)15-5-16-11/h2,4-5H,3H2,1H3,(H,17,18)(H,13,14,15,16). The number of aromatic nitrogens is 4. The molecule has 6 nitrogen and oxygen atoms in total. The molecule has 0 aliphatic heterocycles. The summed E-state index contributed by atoms with van der Waals surface area (Å²) in [6.07, 6.45) is 3.07. The third kappa shape index (κ3) is 2.39. The van der Waals surface area contributed by atoms with Crippen LogP contribution < -0.4 is 0 Å². The zero-order chi connectivity index (χ0) is 14.1. The van der Waals surface area contributed by atoms with Crippen molar-refractivity contribution in [2.24, 2.45) is 0 Å². The molecule has 3 rings (SSSR count). The fraction of sp³-hybridized carbons (Fsp3) is 0.167. The van der Waals surface area contributed by atoms with Crippen LogP contribution in [0.5, 0.6) is 0 Å². The number of aryl methyl sites for hydroxylation is 1. The number of H-pyrrole nitrogens is 1. The summed E-state index contributed by atoms with van der Waals surface area (Å²) in [7, 11) is 0. The van der Waals surface area contributed by atoms with E-state index in [1.54, 1.807) is 12.4 Å². The van der Waals surface area contributed by atoms with Crippen LogP contribution in [-0.2, 0) is 5.75 Å². The Morgan fingerprint density at radius 1 is 1.45 bits per heavy atom. The van der Waals surface area contributed by atoms with Gasteiger partial charge in [-0.2, -0.15) is 0 Å². The highest BCUT2D eigenvalue weighted by Gasteiger charge is 2.13. The molecule has 0 aromatic carbocycles. The predicted octanol–water partition coefficient (Wildman–Crippen LogP) is 2.71. The summed E-state index contributed by atoms with van der Waals surface area (Å²) >= 11 is 2.84. The van der Waals surface area contributed by atoms with Gasteiger partial charge in [-0.05, 0) is 18.6 Å². The maximum absolute atomic E-state index is 11.0. The minimum atomic E-state index is -0.882. The molecule has 0 fully saturated rings. The summed E-state index contributed by atoms with van der Waals surface area (Å²) in [6.45, 7) is 1.93. The lowest BCUT2D eigenvalue weighted by Gasteiger charge is -2.01. The van der Waals surface area contributed by atoms with E-state index in [2.05, 4.69) is 19.9 Å². The number of aromatic carboxylic acids is 1. The van der Waals surface area contributed by atoms with Gasteiger partial charge >= 0.3 is 5.97 Å².